The normalized spacial score (nSPS) is 30.2. The number of hydrogen-bond acceptors (Lipinski definition) is 1. The molecule has 0 radical (unpaired) electrons. The van der Waals surface area contributed by atoms with E-state index >= 15 is 0 Å². The van der Waals surface area contributed by atoms with Crippen molar-refractivity contribution in [3.8, 4) is 0 Å². The molecule has 1 saturated carbocycles. The van der Waals surface area contributed by atoms with E-state index < -0.39 is 16.2 Å². The van der Waals surface area contributed by atoms with Crippen molar-refractivity contribution in [2.24, 2.45) is 17.1 Å². The van der Waals surface area contributed by atoms with Crippen molar-refractivity contribution in [2.45, 2.75) is 80.6 Å². The fourth-order valence-corrected chi connectivity index (χ4v) is 12.2. The van der Waals surface area contributed by atoms with Crippen LogP contribution in [0, 0.1) is 11.3 Å². The molecule has 0 aromatic rings. The molecule has 1 fully saturated rings. The Balaban J connectivity index is 2.78. The van der Waals surface area contributed by atoms with Crippen LogP contribution in [0.15, 0.2) is 0 Å². The van der Waals surface area contributed by atoms with E-state index in [-0.39, 0.29) is 0 Å². The third kappa shape index (κ3) is 3.80. The van der Waals surface area contributed by atoms with Crippen LogP contribution in [0.5, 0.6) is 0 Å². The van der Waals surface area contributed by atoms with Crippen LogP contribution in [0.25, 0.3) is 0 Å². The van der Waals surface area contributed by atoms with E-state index in [1.165, 1.54) is 43.5 Å². The first-order valence-corrected chi connectivity index (χ1v) is 13.2. The van der Waals surface area contributed by atoms with E-state index in [2.05, 4.69) is 27.7 Å². The van der Waals surface area contributed by atoms with Gasteiger partial charge in [-0.1, -0.05) is 0 Å². The number of rotatable bonds is 7. The van der Waals surface area contributed by atoms with E-state index in [4.69, 9.17) is 5.73 Å². The monoisotopic (exact) mass is 309 g/mol. The van der Waals surface area contributed by atoms with Gasteiger partial charge in [0, 0.05) is 0 Å². The zero-order chi connectivity index (χ0) is 13.6. The summed E-state index contributed by atoms with van der Waals surface area (Å²) in [5, 5.41) is 0. The summed E-state index contributed by atoms with van der Waals surface area (Å²) in [4.78, 5) is 3.10. The standard InChI is InChI=1S/C11H21.C3H8N.C2H5.Ga/c1-4-10-8-6-7-9-11(10,3)5-2;1-2-3-4;1-2;/h10H,3-9H2,1-2H3;2H,3-4H2,1H3;1H2,2H3;. The summed E-state index contributed by atoms with van der Waals surface area (Å²) in [6, 6.07) is 0. The first-order valence-electron chi connectivity index (χ1n) is 8.33. The number of hydrogen-bond donors (Lipinski definition) is 1. The molecule has 106 valence electrons. The molecule has 2 heteroatoms. The Hall–Kier alpha value is 0.596. The minimum absolute atomic E-state index is 0.719. The van der Waals surface area contributed by atoms with Gasteiger partial charge >= 0.3 is 120 Å². The second kappa shape index (κ2) is 8.01. The van der Waals surface area contributed by atoms with Gasteiger partial charge in [-0.05, 0) is 0 Å². The van der Waals surface area contributed by atoms with Gasteiger partial charge in [-0.3, -0.25) is 0 Å². The number of nitrogens with two attached hydrogens (primary N) is 1. The molecule has 0 saturated heterocycles. The van der Waals surface area contributed by atoms with Crippen LogP contribution < -0.4 is 5.73 Å². The maximum atomic E-state index is 5.95. The molecule has 1 aliphatic rings. The van der Waals surface area contributed by atoms with E-state index in [9.17, 15) is 0 Å². The van der Waals surface area contributed by atoms with Gasteiger partial charge in [-0.2, -0.15) is 0 Å². The third-order valence-electron chi connectivity index (χ3n) is 5.91. The van der Waals surface area contributed by atoms with Gasteiger partial charge in [0.2, 0.25) is 0 Å². The summed E-state index contributed by atoms with van der Waals surface area (Å²) in [6.45, 7) is 10.7. The first kappa shape index (κ1) is 16.7. The summed E-state index contributed by atoms with van der Waals surface area (Å²) in [5.74, 6) is 1.01. The quantitative estimate of drug-likeness (QED) is 0.669. The molecule has 0 aromatic heterocycles. The second-order valence-corrected chi connectivity index (χ2v) is 14.8. The van der Waals surface area contributed by atoms with Gasteiger partial charge in [0.15, 0.2) is 0 Å². The van der Waals surface area contributed by atoms with Gasteiger partial charge < -0.3 is 0 Å². The predicted octanol–water partition coefficient (Wildman–Crippen LogP) is 4.85. The Labute approximate surface area is 120 Å². The minimum atomic E-state index is -1.16. The van der Waals surface area contributed by atoms with Crippen molar-refractivity contribution < 1.29 is 0 Å². The summed E-state index contributed by atoms with van der Waals surface area (Å²) >= 11 is -1.16. The van der Waals surface area contributed by atoms with E-state index in [0.717, 1.165) is 22.3 Å². The molecule has 0 aromatic carbocycles. The molecule has 1 rings (SSSR count). The molecule has 0 amide bonds. The molecule has 18 heavy (non-hydrogen) atoms. The third-order valence-corrected chi connectivity index (χ3v) is 14.9. The van der Waals surface area contributed by atoms with Crippen LogP contribution >= 0.6 is 0 Å². The van der Waals surface area contributed by atoms with Crippen molar-refractivity contribution in [3.63, 3.8) is 0 Å². The molecule has 0 heterocycles. The van der Waals surface area contributed by atoms with Crippen molar-refractivity contribution in [2.75, 3.05) is 6.54 Å². The van der Waals surface area contributed by atoms with Gasteiger partial charge in [0.05, 0.1) is 0 Å². The summed E-state index contributed by atoms with van der Waals surface area (Å²) < 4.78 is 0.880. The maximum absolute atomic E-state index is 5.95. The summed E-state index contributed by atoms with van der Waals surface area (Å²) in [6.07, 6.45) is 8.81. The fourth-order valence-electron chi connectivity index (χ4n) is 4.36. The average Bonchev–Trinajstić information content (AvgIpc) is 2.44. The van der Waals surface area contributed by atoms with Crippen LogP contribution in [0.4, 0.5) is 0 Å². The van der Waals surface area contributed by atoms with Crippen molar-refractivity contribution in [3.05, 3.63) is 0 Å². The Bertz CT molecular complexity index is 231. The molecular weight excluding hydrogens is 276 g/mol. The zero-order valence-electron chi connectivity index (χ0n) is 13.2. The van der Waals surface area contributed by atoms with E-state index in [0.29, 0.717) is 0 Å². The molecule has 3 unspecified atom stereocenters. The Kier molecular flexibility index (Phi) is 7.41. The molecule has 0 bridgehead atoms. The van der Waals surface area contributed by atoms with Gasteiger partial charge in [0.25, 0.3) is 0 Å². The van der Waals surface area contributed by atoms with Gasteiger partial charge in [0.1, 0.15) is 0 Å². The second-order valence-electron chi connectivity index (χ2n) is 6.65. The van der Waals surface area contributed by atoms with Gasteiger partial charge in [-0.15, -0.1) is 0 Å². The van der Waals surface area contributed by atoms with Crippen molar-refractivity contribution >= 4 is 16.2 Å². The van der Waals surface area contributed by atoms with Crippen LogP contribution in [-0.4, -0.2) is 22.8 Å². The molecule has 1 aliphatic carbocycles. The Morgan fingerprint density at radius 1 is 1.28 bits per heavy atom. The summed E-state index contributed by atoms with van der Waals surface area (Å²) in [7, 11) is 0. The van der Waals surface area contributed by atoms with Crippen molar-refractivity contribution in [1.29, 1.82) is 0 Å². The summed E-state index contributed by atoms with van der Waals surface area (Å²) in [5.41, 5.74) is 6.67. The van der Waals surface area contributed by atoms with Crippen LogP contribution in [0.3, 0.4) is 0 Å². The average molecular weight is 310 g/mol. The molecule has 3 atom stereocenters. The van der Waals surface area contributed by atoms with Crippen LogP contribution in [-0.2, 0) is 0 Å². The molecule has 2 N–H and O–H groups in total. The Morgan fingerprint density at radius 2 is 2.00 bits per heavy atom. The SMILES string of the molecule is CCC1CCCCC1(CC)[CH2][Ga]([CH2]C)[CH](C)CN. The van der Waals surface area contributed by atoms with E-state index in [1.807, 2.05) is 0 Å². The molecular formula is C16H34GaN. The van der Waals surface area contributed by atoms with Crippen LogP contribution in [0.1, 0.15) is 66.2 Å². The molecule has 0 aliphatic heterocycles. The van der Waals surface area contributed by atoms with E-state index in [1.54, 1.807) is 4.98 Å². The molecule has 0 spiro atoms. The fraction of sp³-hybridized carbons (Fsp3) is 1.00. The topological polar surface area (TPSA) is 26.0 Å². The predicted molar refractivity (Wildman–Crippen MR) is 84.5 cm³/mol. The molecule has 1 nitrogen and oxygen atoms in total. The Morgan fingerprint density at radius 3 is 2.50 bits per heavy atom. The van der Waals surface area contributed by atoms with Crippen LogP contribution in [0.2, 0.25) is 14.4 Å². The van der Waals surface area contributed by atoms with Gasteiger partial charge in [-0.25, -0.2) is 0 Å². The zero-order valence-corrected chi connectivity index (χ0v) is 15.6. The van der Waals surface area contributed by atoms with Crippen molar-refractivity contribution in [1.82, 2.24) is 0 Å². The first-order chi connectivity index (χ1) is 8.63.